The van der Waals surface area contributed by atoms with E-state index in [0.29, 0.717) is 68.7 Å². The van der Waals surface area contributed by atoms with E-state index in [1.807, 2.05) is 134 Å². The Morgan fingerprint density at radius 1 is 0.463 bits per heavy atom. The normalized spacial score (nSPS) is 11.5. The number of halogens is 2. The van der Waals surface area contributed by atoms with Crippen LogP contribution in [0.15, 0.2) is 95.9 Å². The van der Waals surface area contributed by atoms with Crippen LogP contribution in [0.5, 0.6) is 40.2 Å². The van der Waals surface area contributed by atoms with Crippen molar-refractivity contribution in [2.24, 2.45) is 27.1 Å². The van der Waals surface area contributed by atoms with Gasteiger partial charge in [-0.3, -0.25) is 19.2 Å². The van der Waals surface area contributed by atoms with Gasteiger partial charge in [-0.15, -0.1) is 0 Å². The van der Waals surface area contributed by atoms with Crippen LogP contribution in [0, 0.1) is 39.8 Å². The van der Waals surface area contributed by atoms with Gasteiger partial charge in [0, 0.05) is 43.9 Å². The molecule has 5 rings (SSSR count). The lowest BCUT2D eigenvalue weighted by atomic mass is 9.86. The monoisotopic (exact) mass is 1150 g/mol. The number of methoxy groups -OCH3 is 7. The van der Waals surface area contributed by atoms with Crippen molar-refractivity contribution in [3.8, 4) is 40.2 Å². The molecule has 0 radical (unpaired) electrons. The van der Waals surface area contributed by atoms with E-state index in [-0.39, 0.29) is 55.0 Å². The zero-order valence-corrected chi connectivity index (χ0v) is 53.1. The van der Waals surface area contributed by atoms with Crippen molar-refractivity contribution in [3.05, 3.63) is 130 Å². The number of Topliss-reactive ketones (excluding diaryl/α,β-unsaturated/α-hetero) is 4. The van der Waals surface area contributed by atoms with Gasteiger partial charge in [0.15, 0.2) is 44.5 Å². The highest BCUT2D eigenvalue weighted by atomic mass is 35.5. The molecular formula is C64H88ClFO13S. The van der Waals surface area contributed by atoms with Crippen LogP contribution in [-0.4, -0.2) is 87.1 Å². The van der Waals surface area contributed by atoms with E-state index < -0.39 is 26.5 Å². The Hall–Kier alpha value is -6.45. The maximum Gasteiger partial charge on any atom is 0.203 e. The highest BCUT2D eigenvalue weighted by molar-refractivity contribution is 7.91. The molecule has 80 heavy (non-hydrogen) atoms. The summed E-state index contributed by atoms with van der Waals surface area (Å²) in [5, 5.41) is 0.143. The minimum absolute atomic E-state index is 0.00285. The molecule has 0 N–H and O–H groups in total. The summed E-state index contributed by atoms with van der Waals surface area (Å²) in [6.07, 6.45) is 0.517. The number of carbonyl (C=O) groups is 4. The largest absolute Gasteiger partial charge is 0.497 e. The van der Waals surface area contributed by atoms with E-state index in [1.54, 1.807) is 83.9 Å². The van der Waals surface area contributed by atoms with Crippen molar-refractivity contribution in [1.29, 1.82) is 0 Å². The number of hydrogen-bond donors (Lipinski definition) is 0. The highest BCUT2D eigenvalue weighted by Gasteiger charge is 2.29. The zero-order valence-electron chi connectivity index (χ0n) is 51.5. The van der Waals surface area contributed by atoms with Crippen LogP contribution in [0.1, 0.15) is 157 Å². The Bertz CT molecular complexity index is 2960. The van der Waals surface area contributed by atoms with Crippen LogP contribution >= 0.6 is 11.6 Å². The fraction of sp³-hybridized carbons (Fsp3) is 0.469. The number of hydrogen-bond acceptors (Lipinski definition) is 13. The maximum atomic E-state index is 13.3. The van der Waals surface area contributed by atoms with Crippen LogP contribution in [0.3, 0.4) is 0 Å². The predicted octanol–water partition coefficient (Wildman–Crippen LogP) is 15.7. The molecule has 0 amide bonds. The first kappa shape index (κ1) is 71.6. The predicted molar refractivity (Wildman–Crippen MR) is 319 cm³/mol. The number of ketones is 4. The third-order valence-electron chi connectivity index (χ3n) is 11.7. The topological polar surface area (TPSA) is 167 Å². The van der Waals surface area contributed by atoms with Gasteiger partial charge in [0.2, 0.25) is 5.75 Å². The van der Waals surface area contributed by atoms with Gasteiger partial charge in [-0.25, -0.2) is 12.8 Å². The Labute approximate surface area is 482 Å². The summed E-state index contributed by atoms with van der Waals surface area (Å²) < 4.78 is 73.8. The molecule has 0 aliphatic rings. The van der Waals surface area contributed by atoms with Crippen molar-refractivity contribution in [2.45, 2.75) is 122 Å². The summed E-state index contributed by atoms with van der Waals surface area (Å²) in [4.78, 5) is 48.2. The molecule has 0 fully saturated rings. The van der Waals surface area contributed by atoms with E-state index >= 15 is 0 Å². The first-order valence-electron chi connectivity index (χ1n) is 25.9. The SMILES string of the molecule is COc1cc(C(=O)C(C)(C)C)cc(OC)c1OC.COc1ccc(C(=O)C(C)(C)C)c(OC)c1.COc1cccc(C(=O)C(C)(C)C)c1.COc1ccccc1C(=O)C(C)(C)C.Cc1c(Cl)cc(F)cc1S(=O)(=O)CCC(C)(C)C. The summed E-state index contributed by atoms with van der Waals surface area (Å²) in [7, 11) is 7.41. The lowest BCUT2D eigenvalue weighted by molar-refractivity contribution is 0.0849. The summed E-state index contributed by atoms with van der Waals surface area (Å²) in [6.45, 7) is 30.2. The second kappa shape index (κ2) is 30.4. The molecule has 0 bridgehead atoms. The van der Waals surface area contributed by atoms with Gasteiger partial charge in [-0.2, -0.15) is 0 Å². The standard InChI is InChI=1S/C14H20O4.C13H18ClFO2S.C13H18O3.2C12H16O2/c1-14(2,3)13(15)9-7-10(16-4)12(18-6)11(8-9)17-5;1-9-11(14)7-10(15)8-12(9)18(16,17)6-5-13(2,3)4;1-13(2,3)12(14)10-7-6-9(15-4)8-11(10)16-5;1-12(2,3)11(13)9-6-5-7-10(8-9)14-4;1-12(2,3)11(13)9-7-5-6-8-10(9)14-4/h7-8H,1-6H3;7-8H,5-6H2,1-4H3;6-8H,1-5H3;2*5-8H,1-4H3. The van der Waals surface area contributed by atoms with Crippen molar-refractivity contribution >= 4 is 44.6 Å². The number of rotatable bonds is 14. The molecular weight excluding hydrogens is 1060 g/mol. The summed E-state index contributed by atoms with van der Waals surface area (Å²) in [5.74, 6) is 3.78. The van der Waals surface area contributed by atoms with Gasteiger partial charge in [0.1, 0.15) is 28.8 Å². The molecule has 0 unspecified atom stereocenters. The smallest absolute Gasteiger partial charge is 0.203 e. The Kier molecular flexibility index (Phi) is 27.2. The van der Waals surface area contributed by atoms with E-state index in [2.05, 4.69) is 0 Å². The fourth-order valence-electron chi connectivity index (χ4n) is 6.96. The molecule has 0 aliphatic carbocycles. The second-order valence-corrected chi connectivity index (χ2v) is 26.4. The summed E-state index contributed by atoms with van der Waals surface area (Å²) >= 11 is 5.81. The zero-order chi connectivity index (χ0) is 61.9. The number of sulfone groups is 1. The summed E-state index contributed by atoms with van der Waals surface area (Å²) in [6, 6.07) is 25.3. The fourth-order valence-corrected chi connectivity index (χ4v) is 9.20. The lowest BCUT2D eigenvalue weighted by Crippen LogP contribution is -2.20. The van der Waals surface area contributed by atoms with Crippen LogP contribution in [0.4, 0.5) is 4.39 Å². The average Bonchev–Trinajstić information content (AvgIpc) is 3.39. The number of carbonyl (C=O) groups excluding carboxylic acids is 4. The first-order chi connectivity index (χ1) is 36.7. The molecule has 0 aromatic heterocycles. The molecule has 0 heterocycles. The van der Waals surface area contributed by atoms with Gasteiger partial charge >= 0.3 is 0 Å². The van der Waals surface area contributed by atoms with Gasteiger partial charge < -0.3 is 33.2 Å². The molecule has 0 spiro atoms. The molecule has 5 aromatic rings. The van der Waals surface area contributed by atoms with E-state index in [1.165, 1.54) is 21.3 Å². The number of para-hydroxylation sites is 1. The highest BCUT2D eigenvalue weighted by Crippen LogP contribution is 2.40. The van der Waals surface area contributed by atoms with Crippen LogP contribution < -0.4 is 33.2 Å². The second-order valence-electron chi connectivity index (χ2n) is 23.9. The Morgan fingerprint density at radius 2 is 0.900 bits per heavy atom. The van der Waals surface area contributed by atoms with Gasteiger partial charge in [0.05, 0.1) is 71.5 Å². The Morgan fingerprint density at radius 3 is 1.32 bits per heavy atom. The molecule has 0 atom stereocenters. The first-order valence-corrected chi connectivity index (χ1v) is 27.9. The Balaban J connectivity index is 0.000000502. The molecule has 0 saturated heterocycles. The minimum atomic E-state index is -3.49. The average molecular weight is 1150 g/mol. The third kappa shape index (κ3) is 22.2. The quantitative estimate of drug-likeness (QED) is 0.0965. The van der Waals surface area contributed by atoms with Crippen LogP contribution in [-0.2, 0) is 9.84 Å². The van der Waals surface area contributed by atoms with Crippen molar-refractivity contribution in [3.63, 3.8) is 0 Å². The summed E-state index contributed by atoms with van der Waals surface area (Å²) in [5.41, 5.74) is 1.25. The molecule has 0 saturated carbocycles. The lowest BCUT2D eigenvalue weighted by Gasteiger charge is -2.19. The number of ether oxygens (including phenoxy) is 7. The van der Waals surface area contributed by atoms with Crippen LogP contribution in [0.25, 0.3) is 0 Å². The van der Waals surface area contributed by atoms with Gasteiger partial charge in [-0.05, 0) is 85.0 Å². The van der Waals surface area contributed by atoms with Crippen molar-refractivity contribution < 1.29 is 65.1 Å². The van der Waals surface area contributed by atoms with Crippen molar-refractivity contribution in [1.82, 2.24) is 0 Å². The molecule has 0 aliphatic heterocycles. The minimum Gasteiger partial charge on any atom is -0.497 e. The van der Waals surface area contributed by atoms with E-state index in [4.69, 9.17) is 44.8 Å². The van der Waals surface area contributed by atoms with Gasteiger partial charge in [-0.1, -0.05) is 140 Å². The molecule has 5 aromatic carbocycles. The molecule has 16 heteroatoms. The van der Waals surface area contributed by atoms with E-state index in [0.717, 1.165) is 17.9 Å². The maximum absolute atomic E-state index is 13.3. The molecule has 442 valence electrons. The van der Waals surface area contributed by atoms with Crippen molar-refractivity contribution in [2.75, 3.05) is 55.5 Å². The number of benzene rings is 5. The molecule has 13 nitrogen and oxygen atoms in total. The van der Waals surface area contributed by atoms with E-state index in [9.17, 15) is 32.0 Å². The van der Waals surface area contributed by atoms with Gasteiger partial charge in [0.25, 0.3) is 0 Å². The third-order valence-corrected chi connectivity index (χ3v) is 13.9. The van der Waals surface area contributed by atoms with Crippen LogP contribution in [0.2, 0.25) is 5.02 Å².